The van der Waals surface area contributed by atoms with Gasteiger partial charge < -0.3 is 0 Å². The summed E-state index contributed by atoms with van der Waals surface area (Å²) >= 11 is 0. The van der Waals surface area contributed by atoms with E-state index in [4.69, 9.17) is 0 Å². The Labute approximate surface area is 140 Å². The standard InChI is InChI=1S/C21H17N2O/c1-15-6-8-16(9-7-15)20(24)14-23-13-3-5-18-19(23)11-10-17-4-2-12-22-21(17)18/h2-13H,14H2,1H3/q+1. The third-order valence-electron chi connectivity index (χ3n) is 4.32. The van der Waals surface area contributed by atoms with Crippen LogP contribution in [0.4, 0.5) is 0 Å². The molecule has 116 valence electrons. The molecular formula is C21H17N2O+. The Morgan fingerprint density at radius 1 is 1.00 bits per heavy atom. The van der Waals surface area contributed by atoms with E-state index in [1.54, 1.807) is 6.20 Å². The van der Waals surface area contributed by atoms with Gasteiger partial charge in [-0.05, 0) is 25.1 Å². The van der Waals surface area contributed by atoms with Crippen molar-refractivity contribution in [2.75, 3.05) is 0 Å². The zero-order valence-electron chi connectivity index (χ0n) is 13.4. The van der Waals surface area contributed by atoms with E-state index in [1.165, 1.54) is 0 Å². The summed E-state index contributed by atoms with van der Waals surface area (Å²) in [7, 11) is 0. The van der Waals surface area contributed by atoms with Crippen LogP contribution in [0.3, 0.4) is 0 Å². The summed E-state index contributed by atoms with van der Waals surface area (Å²) in [4.78, 5) is 17.1. The third kappa shape index (κ3) is 2.54. The number of carbonyl (C=O) groups excluding carboxylic acids is 1. The van der Waals surface area contributed by atoms with Crippen LogP contribution in [0, 0.1) is 6.92 Å². The molecule has 0 atom stereocenters. The van der Waals surface area contributed by atoms with Gasteiger partial charge in [-0.1, -0.05) is 35.9 Å². The maximum atomic E-state index is 12.6. The first-order valence-electron chi connectivity index (χ1n) is 7.98. The zero-order valence-corrected chi connectivity index (χ0v) is 13.4. The highest BCUT2D eigenvalue weighted by Crippen LogP contribution is 2.20. The highest BCUT2D eigenvalue weighted by atomic mass is 16.1. The Hall–Kier alpha value is -3.07. The average molecular weight is 313 g/mol. The number of aryl methyl sites for hydroxylation is 1. The summed E-state index contributed by atoms with van der Waals surface area (Å²) < 4.78 is 1.99. The number of benzene rings is 2. The molecule has 0 aliphatic carbocycles. The van der Waals surface area contributed by atoms with Crippen molar-refractivity contribution in [2.24, 2.45) is 0 Å². The van der Waals surface area contributed by atoms with E-state index in [2.05, 4.69) is 29.2 Å². The first-order chi connectivity index (χ1) is 11.7. The van der Waals surface area contributed by atoms with Crippen molar-refractivity contribution in [3.8, 4) is 0 Å². The van der Waals surface area contributed by atoms with Crippen LogP contribution in [0.1, 0.15) is 15.9 Å². The lowest BCUT2D eigenvalue weighted by Crippen LogP contribution is -2.38. The fraction of sp³-hybridized carbons (Fsp3) is 0.0952. The Morgan fingerprint density at radius 2 is 1.83 bits per heavy atom. The molecule has 4 rings (SSSR count). The molecule has 0 aliphatic rings. The first-order valence-corrected chi connectivity index (χ1v) is 7.98. The minimum Gasteiger partial charge on any atom is -0.287 e. The van der Waals surface area contributed by atoms with Gasteiger partial charge >= 0.3 is 0 Å². The van der Waals surface area contributed by atoms with Crippen LogP contribution in [0.25, 0.3) is 21.8 Å². The maximum Gasteiger partial charge on any atom is 0.227 e. The lowest BCUT2D eigenvalue weighted by Gasteiger charge is -2.04. The number of rotatable bonds is 3. The Kier molecular flexibility index (Phi) is 3.54. The molecule has 4 aromatic rings. The topological polar surface area (TPSA) is 33.8 Å². The van der Waals surface area contributed by atoms with Crippen molar-refractivity contribution in [3.63, 3.8) is 0 Å². The van der Waals surface area contributed by atoms with E-state index in [9.17, 15) is 4.79 Å². The minimum absolute atomic E-state index is 0.105. The predicted octanol–water partition coefficient (Wildman–Crippen LogP) is 3.87. The Bertz CT molecular complexity index is 1050. The summed E-state index contributed by atoms with van der Waals surface area (Å²) in [6, 6.07) is 19.8. The SMILES string of the molecule is Cc1ccc(C(=O)C[n+]2cccc3c4ncccc4ccc32)cc1. The van der Waals surface area contributed by atoms with Gasteiger partial charge in [-0.25, -0.2) is 0 Å². The van der Waals surface area contributed by atoms with Crippen LogP contribution in [-0.2, 0) is 6.54 Å². The molecule has 0 amide bonds. The summed E-state index contributed by atoms with van der Waals surface area (Å²) in [6.07, 6.45) is 3.75. The lowest BCUT2D eigenvalue weighted by atomic mass is 10.1. The van der Waals surface area contributed by atoms with Crippen LogP contribution in [0.15, 0.2) is 73.1 Å². The molecule has 0 aliphatic heterocycles. The largest absolute Gasteiger partial charge is 0.287 e. The molecule has 3 heteroatoms. The van der Waals surface area contributed by atoms with Crippen LogP contribution < -0.4 is 4.57 Å². The van der Waals surface area contributed by atoms with E-state index in [-0.39, 0.29) is 5.78 Å². The van der Waals surface area contributed by atoms with E-state index in [0.29, 0.717) is 6.54 Å². The van der Waals surface area contributed by atoms with E-state index < -0.39 is 0 Å². The van der Waals surface area contributed by atoms with Crippen LogP contribution >= 0.6 is 0 Å². The second-order valence-corrected chi connectivity index (χ2v) is 6.00. The predicted molar refractivity (Wildman–Crippen MR) is 95.0 cm³/mol. The molecule has 0 saturated heterocycles. The van der Waals surface area contributed by atoms with Gasteiger partial charge in [0.25, 0.3) is 0 Å². The number of Topliss-reactive ketones (excluding diaryl/α,β-unsaturated/α-hetero) is 1. The molecule has 0 radical (unpaired) electrons. The second kappa shape index (κ2) is 5.85. The highest BCUT2D eigenvalue weighted by Gasteiger charge is 2.16. The van der Waals surface area contributed by atoms with Crippen molar-refractivity contribution >= 4 is 27.6 Å². The van der Waals surface area contributed by atoms with E-state index in [0.717, 1.165) is 32.9 Å². The summed E-state index contributed by atoms with van der Waals surface area (Å²) in [5.74, 6) is 0.105. The summed E-state index contributed by atoms with van der Waals surface area (Å²) in [5.41, 5.74) is 3.88. The summed E-state index contributed by atoms with van der Waals surface area (Å²) in [6.45, 7) is 2.34. The number of ketones is 1. The molecule has 0 unspecified atom stereocenters. The highest BCUT2D eigenvalue weighted by molar-refractivity contribution is 6.02. The normalized spacial score (nSPS) is 11.0. The van der Waals surface area contributed by atoms with Crippen molar-refractivity contribution < 1.29 is 9.36 Å². The minimum atomic E-state index is 0.105. The Balaban J connectivity index is 1.78. The smallest absolute Gasteiger partial charge is 0.227 e. The van der Waals surface area contributed by atoms with Crippen LogP contribution in [0.5, 0.6) is 0 Å². The number of aromatic nitrogens is 2. The first kappa shape index (κ1) is 14.5. The molecule has 0 bridgehead atoms. The quantitative estimate of drug-likeness (QED) is 0.327. The van der Waals surface area contributed by atoms with Gasteiger partial charge in [-0.15, -0.1) is 0 Å². The van der Waals surface area contributed by atoms with Crippen LogP contribution in [-0.4, -0.2) is 10.8 Å². The number of nitrogens with zero attached hydrogens (tertiary/aromatic N) is 2. The fourth-order valence-corrected chi connectivity index (χ4v) is 3.02. The second-order valence-electron chi connectivity index (χ2n) is 6.00. The molecular weight excluding hydrogens is 296 g/mol. The maximum absolute atomic E-state index is 12.6. The van der Waals surface area contributed by atoms with Gasteiger partial charge in [0.05, 0.1) is 10.9 Å². The number of pyridine rings is 2. The summed E-state index contributed by atoms with van der Waals surface area (Å²) in [5, 5.41) is 2.17. The molecule has 0 saturated carbocycles. The van der Waals surface area contributed by atoms with E-state index >= 15 is 0 Å². The molecule has 0 fully saturated rings. The molecule has 24 heavy (non-hydrogen) atoms. The lowest BCUT2D eigenvalue weighted by molar-refractivity contribution is -0.657. The van der Waals surface area contributed by atoms with Gasteiger partial charge in [0.1, 0.15) is 0 Å². The molecule has 0 N–H and O–H groups in total. The number of hydrogen-bond donors (Lipinski definition) is 0. The van der Waals surface area contributed by atoms with Gasteiger partial charge in [0.15, 0.2) is 6.20 Å². The molecule has 2 heterocycles. The van der Waals surface area contributed by atoms with Crippen molar-refractivity contribution in [1.82, 2.24) is 4.98 Å². The molecule has 3 nitrogen and oxygen atoms in total. The van der Waals surface area contributed by atoms with Gasteiger partial charge in [0.2, 0.25) is 17.8 Å². The number of hydrogen-bond acceptors (Lipinski definition) is 2. The average Bonchev–Trinajstić information content (AvgIpc) is 2.62. The number of carbonyl (C=O) groups is 1. The van der Waals surface area contributed by atoms with E-state index in [1.807, 2.05) is 54.1 Å². The van der Waals surface area contributed by atoms with Crippen molar-refractivity contribution in [3.05, 3.63) is 84.2 Å². The Morgan fingerprint density at radius 3 is 2.67 bits per heavy atom. The van der Waals surface area contributed by atoms with Gasteiger partial charge in [-0.2, -0.15) is 4.57 Å². The van der Waals surface area contributed by atoms with Crippen LogP contribution in [0.2, 0.25) is 0 Å². The van der Waals surface area contributed by atoms with Gasteiger partial charge in [-0.3, -0.25) is 9.78 Å². The van der Waals surface area contributed by atoms with Crippen molar-refractivity contribution in [2.45, 2.75) is 13.5 Å². The monoisotopic (exact) mass is 313 g/mol. The third-order valence-corrected chi connectivity index (χ3v) is 4.32. The fourth-order valence-electron chi connectivity index (χ4n) is 3.02. The number of fused-ring (bicyclic) bond motifs is 3. The zero-order chi connectivity index (χ0) is 16.5. The molecule has 2 aromatic carbocycles. The molecule has 0 spiro atoms. The van der Waals surface area contributed by atoms with Gasteiger partial charge in [0, 0.05) is 29.3 Å². The van der Waals surface area contributed by atoms with Crippen molar-refractivity contribution in [1.29, 1.82) is 0 Å². The molecule has 2 aromatic heterocycles.